The Balaban J connectivity index is 2.75. The van der Waals surface area contributed by atoms with E-state index in [2.05, 4.69) is 9.72 Å². The van der Waals surface area contributed by atoms with Crippen molar-refractivity contribution >= 4 is 23.8 Å². The normalized spacial score (nSPS) is 11.9. The standard InChI is InChI=1S/C25H29F3N2O7/c1-23(2,3)36-21(32)30(22(33)37-24(4,5)6)17-13-16(25(26,27)28)19(29-18(17)20(31)34-7)35-14-15-11-9-8-10-12-15/h8-13H,14H2,1-7H3. The van der Waals surface area contributed by atoms with Crippen LogP contribution in [0.15, 0.2) is 36.4 Å². The summed E-state index contributed by atoms with van der Waals surface area (Å²) in [5.74, 6) is -2.18. The fourth-order valence-electron chi connectivity index (χ4n) is 2.83. The number of imide groups is 1. The van der Waals surface area contributed by atoms with E-state index in [9.17, 15) is 27.6 Å². The predicted molar refractivity (Wildman–Crippen MR) is 126 cm³/mol. The molecular formula is C25H29F3N2O7. The van der Waals surface area contributed by atoms with Gasteiger partial charge >= 0.3 is 24.3 Å². The van der Waals surface area contributed by atoms with Gasteiger partial charge in [-0.1, -0.05) is 30.3 Å². The summed E-state index contributed by atoms with van der Waals surface area (Å²) >= 11 is 0. The van der Waals surface area contributed by atoms with Gasteiger partial charge in [-0.25, -0.2) is 19.4 Å². The van der Waals surface area contributed by atoms with Gasteiger partial charge in [0.15, 0.2) is 5.69 Å². The van der Waals surface area contributed by atoms with Crippen LogP contribution in [0.2, 0.25) is 0 Å². The van der Waals surface area contributed by atoms with Gasteiger partial charge in [0.05, 0.1) is 12.8 Å². The summed E-state index contributed by atoms with van der Waals surface area (Å²) in [6.07, 6.45) is -7.82. The molecule has 2 rings (SSSR count). The quantitative estimate of drug-likeness (QED) is 0.338. The number of hydrogen-bond donors (Lipinski definition) is 0. The van der Waals surface area contributed by atoms with Gasteiger partial charge < -0.3 is 18.9 Å². The maximum atomic E-state index is 14.1. The van der Waals surface area contributed by atoms with Crippen LogP contribution in [0.4, 0.5) is 28.4 Å². The monoisotopic (exact) mass is 526 g/mol. The van der Waals surface area contributed by atoms with Gasteiger partial charge in [-0.05, 0) is 53.2 Å². The van der Waals surface area contributed by atoms with Gasteiger partial charge in [-0.15, -0.1) is 0 Å². The van der Waals surface area contributed by atoms with Crippen molar-refractivity contribution in [2.45, 2.75) is 65.5 Å². The molecule has 2 amide bonds. The van der Waals surface area contributed by atoms with Crippen LogP contribution in [-0.4, -0.2) is 41.5 Å². The Labute approximate surface area is 212 Å². The van der Waals surface area contributed by atoms with Crippen LogP contribution in [0.25, 0.3) is 0 Å². The minimum Gasteiger partial charge on any atom is -0.472 e. The van der Waals surface area contributed by atoms with E-state index in [0.717, 1.165) is 7.11 Å². The first-order chi connectivity index (χ1) is 16.9. The van der Waals surface area contributed by atoms with Gasteiger partial charge in [0.2, 0.25) is 5.88 Å². The summed E-state index contributed by atoms with van der Waals surface area (Å²) < 4.78 is 62.7. The molecule has 1 heterocycles. The van der Waals surface area contributed by atoms with E-state index >= 15 is 0 Å². The van der Waals surface area contributed by atoms with Crippen molar-refractivity contribution in [1.82, 2.24) is 4.98 Å². The molecule has 9 nitrogen and oxygen atoms in total. The van der Waals surface area contributed by atoms with Crippen molar-refractivity contribution < 1.29 is 46.5 Å². The Kier molecular flexibility index (Phi) is 8.79. The zero-order valence-corrected chi connectivity index (χ0v) is 21.6. The number of nitrogens with zero attached hydrogens (tertiary/aromatic N) is 2. The number of ether oxygens (including phenoxy) is 4. The van der Waals surface area contributed by atoms with E-state index in [0.29, 0.717) is 11.6 Å². The Hall–Kier alpha value is -3.83. The molecule has 0 fully saturated rings. The SMILES string of the molecule is COC(=O)c1nc(OCc2ccccc2)c(C(F)(F)F)cc1N(C(=O)OC(C)(C)C)C(=O)OC(C)(C)C. The first-order valence-electron chi connectivity index (χ1n) is 11.1. The lowest BCUT2D eigenvalue weighted by molar-refractivity contribution is -0.139. The number of esters is 1. The number of hydrogen-bond acceptors (Lipinski definition) is 8. The summed E-state index contributed by atoms with van der Waals surface area (Å²) in [7, 11) is 0.960. The average Bonchev–Trinajstić information content (AvgIpc) is 2.75. The molecule has 12 heteroatoms. The number of rotatable bonds is 5. The number of carbonyl (C=O) groups excluding carboxylic acids is 3. The largest absolute Gasteiger partial charge is 0.472 e. The van der Waals surface area contributed by atoms with Crippen molar-refractivity contribution in [3.8, 4) is 5.88 Å². The van der Waals surface area contributed by atoms with E-state index < -0.39 is 58.4 Å². The summed E-state index contributed by atoms with van der Waals surface area (Å²) in [4.78, 5) is 42.5. The number of anilines is 1. The molecule has 0 spiro atoms. The second-order valence-corrected chi connectivity index (χ2v) is 9.77. The first kappa shape index (κ1) is 29.4. The van der Waals surface area contributed by atoms with Gasteiger partial charge in [-0.3, -0.25) is 0 Å². The van der Waals surface area contributed by atoms with E-state index in [1.54, 1.807) is 30.3 Å². The third-order valence-corrected chi connectivity index (χ3v) is 4.26. The second-order valence-electron chi connectivity index (χ2n) is 9.77. The van der Waals surface area contributed by atoms with Crippen LogP contribution in [0.1, 0.15) is 63.2 Å². The Morgan fingerprint density at radius 3 is 1.84 bits per heavy atom. The molecule has 0 aliphatic rings. The fraction of sp³-hybridized carbons (Fsp3) is 0.440. The highest BCUT2D eigenvalue weighted by Gasteiger charge is 2.42. The van der Waals surface area contributed by atoms with Gasteiger partial charge in [-0.2, -0.15) is 18.1 Å². The van der Waals surface area contributed by atoms with Gasteiger partial charge in [0, 0.05) is 0 Å². The zero-order chi connectivity index (χ0) is 28.2. The molecule has 0 bridgehead atoms. The van der Waals surface area contributed by atoms with Crippen molar-refractivity contribution in [2.75, 3.05) is 12.0 Å². The van der Waals surface area contributed by atoms with Crippen LogP contribution in [0, 0.1) is 0 Å². The van der Waals surface area contributed by atoms with Crippen LogP contribution in [0.5, 0.6) is 5.88 Å². The molecule has 0 aliphatic carbocycles. The molecule has 1 aromatic heterocycles. The number of carbonyl (C=O) groups is 3. The number of amides is 2. The minimum absolute atomic E-state index is 0.173. The van der Waals surface area contributed by atoms with Crippen molar-refractivity contribution in [1.29, 1.82) is 0 Å². The maximum Gasteiger partial charge on any atom is 0.424 e. The number of aromatic nitrogens is 1. The highest BCUT2D eigenvalue weighted by Crippen LogP contribution is 2.40. The summed E-state index contributed by atoms with van der Waals surface area (Å²) in [6.45, 7) is 8.61. The second kappa shape index (κ2) is 11.1. The Bertz CT molecular complexity index is 1110. The molecule has 0 saturated carbocycles. The lowest BCUT2D eigenvalue weighted by atomic mass is 10.1. The third-order valence-electron chi connectivity index (χ3n) is 4.26. The molecule has 202 valence electrons. The number of benzene rings is 1. The molecule has 1 aromatic carbocycles. The van der Waals surface area contributed by atoms with E-state index in [1.165, 1.54) is 41.5 Å². The zero-order valence-electron chi connectivity index (χ0n) is 21.6. The van der Waals surface area contributed by atoms with Crippen LogP contribution < -0.4 is 9.64 Å². The lowest BCUT2D eigenvalue weighted by Crippen LogP contribution is -2.44. The molecule has 0 atom stereocenters. The summed E-state index contributed by atoms with van der Waals surface area (Å²) in [5.41, 5.74) is -4.86. The van der Waals surface area contributed by atoms with Gasteiger partial charge in [0.1, 0.15) is 23.4 Å². The van der Waals surface area contributed by atoms with Gasteiger partial charge in [0.25, 0.3) is 0 Å². The smallest absolute Gasteiger partial charge is 0.424 e. The predicted octanol–water partition coefficient (Wildman–Crippen LogP) is 6.14. The molecule has 0 saturated heterocycles. The van der Waals surface area contributed by atoms with Crippen molar-refractivity contribution in [3.05, 3.63) is 53.2 Å². The molecule has 0 N–H and O–H groups in total. The average molecular weight is 527 g/mol. The minimum atomic E-state index is -5.05. The third kappa shape index (κ3) is 8.36. The summed E-state index contributed by atoms with van der Waals surface area (Å²) in [5, 5.41) is 0. The van der Waals surface area contributed by atoms with E-state index in [1.807, 2.05) is 0 Å². The maximum absolute atomic E-state index is 14.1. The molecule has 0 radical (unpaired) electrons. The molecule has 0 unspecified atom stereocenters. The number of pyridine rings is 1. The Morgan fingerprint density at radius 1 is 0.892 bits per heavy atom. The fourth-order valence-corrected chi connectivity index (χ4v) is 2.83. The number of methoxy groups -OCH3 is 1. The number of alkyl halides is 3. The molecular weight excluding hydrogens is 497 g/mol. The highest BCUT2D eigenvalue weighted by atomic mass is 19.4. The lowest BCUT2D eigenvalue weighted by Gasteiger charge is -2.29. The van der Waals surface area contributed by atoms with Crippen LogP contribution in [-0.2, 0) is 27.0 Å². The van der Waals surface area contributed by atoms with E-state index in [4.69, 9.17) is 14.2 Å². The number of halogens is 3. The highest BCUT2D eigenvalue weighted by molar-refractivity contribution is 6.13. The topological polar surface area (TPSA) is 104 Å². The molecule has 37 heavy (non-hydrogen) atoms. The van der Waals surface area contributed by atoms with Crippen molar-refractivity contribution in [3.63, 3.8) is 0 Å². The summed E-state index contributed by atoms with van der Waals surface area (Å²) in [6, 6.07) is 8.69. The molecule has 0 aliphatic heterocycles. The van der Waals surface area contributed by atoms with Crippen molar-refractivity contribution in [2.24, 2.45) is 0 Å². The molecule has 2 aromatic rings. The Morgan fingerprint density at radius 2 is 1.41 bits per heavy atom. The van der Waals surface area contributed by atoms with Crippen LogP contribution >= 0.6 is 0 Å². The first-order valence-corrected chi connectivity index (χ1v) is 11.1. The van der Waals surface area contributed by atoms with E-state index in [-0.39, 0.29) is 11.5 Å². The van der Waals surface area contributed by atoms with Crippen LogP contribution in [0.3, 0.4) is 0 Å².